The first kappa shape index (κ1) is 24.0. The summed E-state index contributed by atoms with van der Waals surface area (Å²) in [4.78, 5) is 39.0. The highest BCUT2D eigenvalue weighted by atomic mass is 32.2. The lowest BCUT2D eigenvalue weighted by Gasteiger charge is -2.05. The van der Waals surface area contributed by atoms with Crippen molar-refractivity contribution in [3.05, 3.63) is 63.8 Å². The molecule has 0 aliphatic carbocycles. The molecular formula is C21H24N2O7S. The van der Waals surface area contributed by atoms with Gasteiger partial charge in [-0.25, -0.2) is 17.9 Å². The molecule has 9 nitrogen and oxygen atoms in total. The van der Waals surface area contributed by atoms with E-state index in [-0.39, 0.29) is 17.9 Å². The van der Waals surface area contributed by atoms with E-state index in [1.807, 2.05) is 0 Å². The Morgan fingerprint density at radius 2 is 1.77 bits per heavy atom. The van der Waals surface area contributed by atoms with Crippen molar-refractivity contribution in [2.45, 2.75) is 20.8 Å². The van der Waals surface area contributed by atoms with Gasteiger partial charge >= 0.3 is 11.9 Å². The summed E-state index contributed by atoms with van der Waals surface area (Å²) in [6.07, 6.45) is 1.38. The van der Waals surface area contributed by atoms with Crippen LogP contribution in [0.5, 0.6) is 0 Å². The monoisotopic (exact) mass is 448 g/mol. The van der Waals surface area contributed by atoms with Crippen LogP contribution in [0.3, 0.4) is 0 Å². The van der Waals surface area contributed by atoms with Gasteiger partial charge in [-0.15, -0.1) is 0 Å². The number of ketones is 1. The van der Waals surface area contributed by atoms with Crippen molar-refractivity contribution < 1.29 is 32.3 Å². The number of aromatic nitrogens is 1. The molecule has 2 N–H and O–H groups in total. The summed E-state index contributed by atoms with van der Waals surface area (Å²) in [7, 11) is -3.86. The van der Waals surface area contributed by atoms with Crippen LogP contribution in [0, 0.1) is 13.8 Å². The van der Waals surface area contributed by atoms with Crippen molar-refractivity contribution in [2.75, 3.05) is 19.8 Å². The predicted octanol–water partition coefficient (Wildman–Crippen LogP) is 2.12. The maximum atomic E-state index is 12.4. The van der Waals surface area contributed by atoms with Crippen molar-refractivity contribution in [3.8, 4) is 0 Å². The number of H-pyrrole nitrogens is 1. The van der Waals surface area contributed by atoms with Gasteiger partial charge < -0.3 is 14.5 Å². The first-order valence-corrected chi connectivity index (χ1v) is 11.0. The fraction of sp³-hybridized carbons (Fsp3) is 0.286. The third-order valence-corrected chi connectivity index (χ3v) is 5.26. The molecule has 0 bridgehead atoms. The summed E-state index contributed by atoms with van der Waals surface area (Å²) in [5.41, 5.74) is 1.92. The van der Waals surface area contributed by atoms with Gasteiger partial charge in [0.1, 0.15) is 6.54 Å². The minimum Gasteiger partial charge on any atom is -0.462 e. The smallest absolute Gasteiger partial charge is 0.340 e. The lowest BCUT2D eigenvalue weighted by atomic mass is 10.1. The Hall–Kier alpha value is -3.24. The number of esters is 2. The summed E-state index contributed by atoms with van der Waals surface area (Å²) in [5.74, 6) is -2.03. The molecule has 0 spiro atoms. The van der Waals surface area contributed by atoms with Gasteiger partial charge in [0.05, 0.1) is 17.9 Å². The third kappa shape index (κ3) is 6.90. The van der Waals surface area contributed by atoms with E-state index in [9.17, 15) is 22.8 Å². The molecule has 1 aromatic carbocycles. The predicted molar refractivity (Wildman–Crippen MR) is 114 cm³/mol. The first-order chi connectivity index (χ1) is 14.6. The molecule has 10 heteroatoms. The fourth-order valence-electron chi connectivity index (χ4n) is 2.75. The van der Waals surface area contributed by atoms with Crippen LogP contribution in [-0.2, 0) is 24.3 Å². The van der Waals surface area contributed by atoms with Crippen LogP contribution in [0.4, 0.5) is 0 Å². The SMILES string of the molecule is CCOC(=O)c1c(C)[nH]c(C(=O)COC(=O)CNS(=O)(=O)C=Cc2ccccc2)c1C. The van der Waals surface area contributed by atoms with Crippen LogP contribution >= 0.6 is 0 Å². The van der Waals surface area contributed by atoms with E-state index in [4.69, 9.17) is 9.47 Å². The molecule has 0 saturated heterocycles. The Morgan fingerprint density at radius 1 is 1.10 bits per heavy atom. The third-order valence-electron chi connectivity index (χ3n) is 4.22. The summed E-state index contributed by atoms with van der Waals surface area (Å²) in [6, 6.07) is 8.77. The number of hydrogen-bond donors (Lipinski definition) is 2. The average molecular weight is 448 g/mol. The second-order valence-corrected chi connectivity index (χ2v) is 8.16. The lowest BCUT2D eigenvalue weighted by Crippen LogP contribution is -2.30. The normalized spacial score (nSPS) is 11.5. The van der Waals surface area contributed by atoms with Crippen molar-refractivity contribution in [1.29, 1.82) is 0 Å². The van der Waals surface area contributed by atoms with Gasteiger partial charge in [-0.1, -0.05) is 30.3 Å². The number of carbonyl (C=O) groups excluding carboxylic acids is 3. The molecule has 0 unspecified atom stereocenters. The molecule has 2 rings (SSSR count). The molecule has 0 fully saturated rings. The maximum Gasteiger partial charge on any atom is 0.340 e. The quantitative estimate of drug-likeness (QED) is 0.420. The summed E-state index contributed by atoms with van der Waals surface area (Å²) in [5, 5.41) is 0.933. The summed E-state index contributed by atoms with van der Waals surface area (Å²) in [6.45, 7) is 3.83. The Kier molecular flexibility index (Phi) is 8.29. The lowest BCUT2D eigenvalue weighted by molar-refractivity contribution is -0.141. The standard InChI is InChI=1S/C21H24N2O7S/c1-4-29-21(26)19-14(2)20(23-15(19)3)17(24)13-30-18(25)12-22-31(27,28)11-10-16-8-6-5-7-9-16/h5-11,22-23H,4,12-13H2,1-3H3. The Morgan fingerprint density at radius 3 is 2.42 bits per heavy atom. The summed E-state index contributed by atoms with van der Waals surface area (Å²) >= 11 is 0. The Balaban J connectivity index is 1.90. The van der Waals surface area contributed by atoms with Crippen molar-refractivity contribution in [2.24, 2.45) is 0 Å². The number of carbonyl (C=O) groups is 3. The van der Waals surface area contributed by atoms with E-state index >= 15 is 0 Å². The van der Waals surface area contributed by atoms with Gasteiger partial charge in [0.2, 0.25) is 15.8 Å². The highest BCUT2D eigenvalue weighted by Crippen LogP contribution is 2.19. The van der Waals surface area contributed by atoms with Crippen LogP contribution in [0.15, 0.2) is 35.7 Å². The van der Waals surface area contributed by atoms with Crippen molar-refractivity contribution >= 4 is 33.8 Å². The van der Waals surface area contributed by atoms with E-state index in [1.165, 1.54) is 6.08 Å². The van der Waals surface area contributed by atoms with Crippen LogP contribution in [0.2, 0.25) is 0 Å². The van der Waals surface area contributed by atoms with Gasteiger partial charge in [-0.3, -0.25) is 9.59 Å². The number of Topliss-reactive ketones (excluding diaryl/α,β-unsaturated/α-hetero) is 1. The average Bonchev–Trinajstić information content (AvgIpc) is 3.04. The van der Waals surface area contributed by atoms with Crippen LogP contribution in [0.25, 0.3) is 6.08 Å². The molecule has 1 aromatic heterocycles. The van der Waals surface area contributed by atoms with E-state index in [1.54, 1.807) is 51.1 Å². The maximum absolute atomic E-state index is 12.4. The summed E-state index contributed by atoms with van der Waals surface area (Å²) < 4.78 is 35.8. The zero-order valence-electron chi connectivity index (χ0n) is 17.4. The van der Waals surface area contributed by atoms with Gasteiger partial charge in [0.25, 0.3) is 0 Å². The molecule has 0 radical (unpaired) electrons. The zero-order chi connectivity index (χ0) is 23.0. The Bertz CT molecular complexity index is 1090. The number of sulfonamides is 1. The zero-order valence-corrected chi connectivity index (χ0v) is 18.2. The topological polar surface area (TPSA) is 132 Å². The Labute approximate surface area is 180 Å². The molecule has 1 heterocycles. The molecular weight excluding hydrogens is 424 g/mol. The molecule has 0 amide bonds. The van der Waals surface area contributed by atoms with Crippen LogP contribution < -0.4 is 4.72 Å². The van der Waals surface area contributed by atoms with Gasteiger partial charge in [-0.05, 0) is 38.0 Å². The number of aromatic amines is 1. The molecule has 0 atom stereocenters. The molecule has 31 heavy (non-hydrogen) atoms. The van der Waals surface area contributed by atoms with Crippen LogP contribution in [-0.4, -0.2) is 50.9 Å². The minimum atomic E-state index is -3.86. The van der Waals surface area contributed by atoms with Crippen LogP contribution in [0.1, 0.15) is 44.6 Å². The van der Waals surface area contributed by atoms with Gasteiger partial charge in [0, 0.05) is 11.1 Å². The van der Waals surface area contributed by atoms with Crippen molar-refractivity contribution in [3.63, 3.8) is 0 Å². The van der Waals surface area contributed by atoms with E-state index in [0.717, 1.165) is 5.41 Å². The number of aryl methyl sites for hydroxylation is 1. The minimum absolute atomic E-state index is 0.125. The van der Waals surface area contributed by atoms with E-state index < -0.39 is 40.9 Å². The number of benzene rings is 1. The van der Waals surface area contributed by atoms with Gasteiger partial charge in [-0.2, -0.15) is 0 Å². The largest absolute Gasteiger partial charge is 0.462 e. The second-order valence-electron chi connectivity index (χ2n) is 6.51. The molecule has 0 aliphatic heterocycles. The van der Waals surface area contributed by atoms with Crippen molar-refractivity contribution in [1.82, 2.24) is 9.71 Å². The van der Waals surface area contributed by atoms with E-state index in [2.05, 4.69) is 9.71 Å². The number of nitrogens with one attached hydrogen (secondary N) is 2. The molecule has 0 saturated carbocycles. The fourth-order valence-corrected chi connectivity index (χ4v) is 3.50. The highest BCUT2D eigenvalue weighted by Gasteiger charge is 2.23. The van der Waals surface area contributed by atoms with E-state index in [0.29, 0.717) is 16.8 Å². The number of hydrogen-bond acceptors (Lipinski definition) is 7. The van der Waals surface area contributed by atoms with Gasteiger partial charge in [0.15, 0.2) is 6.61 Å². The highest BCUT2D eigenvalue weighted by molar-refractivity contribution is 7.92. The number of rotatable bonds is 10. The molecule has 0 aliphatic rings. The first-order valence-electron chi connectivity index (χ1n) is 9.42. The molecule has 2 aromatic rings. The molecule has 166 valence electrons. The second kappa shape index (κ2) is 10.7. The number of ether oxygens (including phenoxy) is 2.